The number of aromatic nitrogens is 2. The second-order valence-electron chi connectivity index (χ2n) is 6.85. The number of hydrogen-bond acceptors (Lipinski definition) is 3. The molecule has 2 unspecified atom stereocenters. The number of amides is 1. The van der Waals surface area contributed by atoms with Crippen molar-refractivity contribution < 1.29 is 4.79 Å². The average molecular weight is 329 g/mol. The molecule has 23 heavy (non-hydrogen) atoms. The Bertz CT molecular complexity index is 703. The van der Waals surface area contributed by atoms with Gasteiger partial charge in [-0.3, -0.25) is 9.48 Å². The van der Waals surface area contributed by atoms with Crippen molar-refractivity contribution in [1.29, 1.82) is 0 Å². The molecule has 0 radical (unpaired) electrons. The van der Waals surface area contributed by atoms with Crippen molar-refractivity contribution in [2.45, 2.75) is 44.6 Å². The van der Waals surface area contributed by atoms with E-state index in [-0.39, 0.29) is 5.91 Å². The summed E-state index contributed by atoms with van der Waals surface area (Å²) in [5.74, 6) is 0.964. The summed E-state index contributed by atoms with van der Waals surface area (Å²) in [7, 11) is 1.92. The Hall–Kier alpha value is -1.62. The van der Waals surface area contributed by atoms with Gasteiger partial charge in [0.15, 0.2) is 0 Å². The molecule has 2 fully saturated rings. The number of thiophene rings is 1. The summed E-state index contributed by atoms with van der Waals surface area (Å²) in [6.07, 6.45) is 11.4. The van der Waals surface area contributed by atoms with E-state index in [4.69, 9.17) is 0 Å². The lowest BCUT2D eigenvalue weighted by Crippen LogP contribution is -2.49. The lowest BCUT2D eigenvalue weighted by molar-refractivity contribution is 0.0391. The zero-order chi connectivity index (χ0) is 15.8. The molecule has 4 rings (SSSR count). The first-order chi connectivity index (χ1) is 11.2. The van der Waals surface area contributed by atoms with E-state index in [1.807, 2.05) is 30.9 Å². The van der Waals surface area contributed by atoms with E-state index < -0.39 is 0 Å². The van der Waals surface area contributed by atoms with Crippen LogP contribution in [0.3, 0.4) is 0 Å². The molecule has 122 valence electrons. The number of piperidine rings is 1. The normalized spacial score (nSPS) is 24.5. The second kappa shape index (κ2) is 6.11. The Morgan fingerprint density at radius 2 is 2.09 bits per heavy atom. The molecule has 3 heterocycles. The SMILES string of the molecule is Cn1cc(-c2cc(C(=O)N3CCCC4CCCCC43)cs2)cn1. The van der Waals surface area contributed by atoms with Crippen molar-refractivity contribution in [1.82, 2.24) is 14.7 Å². The molecule has 5 heteroatoms. The van der Waals surface area contributed by atoms with Crippen molar-refractivity contribution in [3.8, 4) is 10.4 Å². The fourth-order valence-corrected chi connectivity index (χ4v) is 5.05. The number of rotatable bonds is 2. The van der Waals surface area contributed by atoms with Gasteiger partial charge in [-0.2, -0.15) is 5.10 Å². The second-order valence-corrected chi connectivity index (χ2v) is 7.77. The first-order valence-corrected chi connectivity index (χ1v) is 9.49. The van der Waals surface area contributed by atoms with Crippen LogP contribution in [0.2, 0.25) is 0 Å². The van der Waals surface area contributed by atoms with Crippen LogP contribution in [0.4, 0.5) is 0 Å². The quantitative estimate of drug-likeness (QED) is 0.837. The zero-order valence-corrected chi connectivity index (χ0v) is 14.4. The smallest absolute Gasteiger partial charge is 0.254 e. The minimum Gasteiger partial charge on any atom is -0.335 e. The van der Waals surface area contributed by atoms with Gasteiger partial charge in [0.05, 0.1) is 11.8 Å². The predicted molar refractivity (Wildman–Crippen MR) is 92.5 cm³/mol. The zero-order valence-electron chi connectivity index (χ0n) is 13.6. The van der Waals surface area contributed by atoms with Crippen LogP contribution in [-0.4, -0.2) is 33.2 Å². The molecule has 1 aliphatic heterocycles. The van der Waals surface area contributed by atoms with E-state index in [9.17, 15) is 4.79 Å². The highest BCUT2D eigenvalue weighted by molar-refractivity contribution is 7.13. The molecule has 1 aliphatic carbocycles. The van der Waals surface area contributed by atoms with Crippen LogP contribution in [0.1, 0.15) is 48.9 Å². The summed E-state index contributed by atoms with van der Waals surface area (Å²) in [4.78, 5) is 16.3. The number of nitrogens with zero attached hydrogens (tertiary/aromatic N) is 3. The number of fused-ring (bicyclic) bond motifs is 1. The summed E-state index contributed by atoms with van der Waals surface area (Å²) >= 11 is 1.64. The summed E-state index contributed by atoms with van der Waals surface area (Å²) in [5.41, 5.74) is 1.94. The van der Waals surface area contributed by atoms with Crippen LogP contribution in [-0.2, 0) is 7.05 Å². The van der Waals surface area contributed by atoms with E-state index in [0.717, 1.165) is 34.9 Å². The van der Waals surface area contributed by atoms with Gasteiger partial charge in [-0.1, -0.05) is 12.8 Å². The molecule has 2 atom stereocenters. The number of hydrogen-bond donors (Lipinski definition) is 0. The number of likely N-dealkylation sites (tertiary alicyclic amines) is 1. The van der Waals surface area contributed by atoms with Crippen LogP contribution >= 0.6 is 11.3 Å². The highest BCUT2D eigenvalue weighted by Crippen LogP contribution is 2.36. The molecule has 2 aromatic rings. The van der Waals surface area contributed by atoms with Gasteiger partial charge >= 0.3 is 0 Å². The van der Waals surface area contributed by atoms with Gasteiger partial charge in [0.25, 0.3) is 5.91 Å². The van der Waals surface area contributed by atoms with Crippen molar-refractivity contribution in [2.75, 3.05) is 6.54 Å². The van der Waals surface area contributed by atoms with Crippen molar-refractivity contribution in [3.63, 3.8) is 0 Å². The Labute approximate surface area is 141 Å². The Kier molecular flexibility index (Phi) is 3.97. The minimum absolute atomic E-state index is 0.230. The van der Waals surface area contributed by atoms with Gasteiger partial charge in [0, 0.05) is 41.7 Å². The lowest BCUT2D eigenvalue weighted by atomic mass is 9.78. The summed E-state index contributed by atoms with van der Waals surface area (Å²) in [5, 5.41) is 6.23. The first-order valence-electron chi connectivity index (χ1n) is 8.61. The third-order valence-corrected chi connectivity index (χ3v) is 6.32. The molecule has 1 saturated carbocycles. The molecule has 2 aromatic heterocycles. The third kappa shape index (κ3) is 2.82. The average Bonchev–Trinajstić information content (AvgIpc) is 3.22. The van der Waals surface area contributed by atoms with Crippen molar-refractivity contribution in [2.24, 2.45) is 13.0 Å². The maximum Gasteiger partial charge on any atom is 0.254 e. The van der Waals surface area contributed by atoms with E-state index >= 15 is 0 Å². The van der Waals surface area contributed by atoms with Crippen molar-refractivity contribution in [3.05, 3.63) is 29.4 Å². The van der Waals surface area contributed by atoms with Crippen LogP contribution in [0.5, 0.6) is 0 Å². The van der Waals surface area contributed by atoms with Crippen LogP contribution < -0.4 is 0 Å². The highest BCUT2D eigenvalue weighted by Gasteiger charge is 2.36. The molecule has 0 spiro atoms. The molecule has 1 amide bonds. The molecular formula is C18H23N3OS. The van der Waals surface area contributed by atoms with Crippen LogP contribution in [0, 0.1) is 5.92 Å². The van der Waals surface area contributed by atoms with E-state index in [2.05, 4.69) is 10.00 Å². The fourth-order valence-electron chi connectivity index (χ4n) is 4.19. The van der Waals surface area contributed by atoms with E-state index in [0.29, 0.717) is 6.04 Å². The molecule has 1 saturated heterocycles. The van der Waals surface area contributed by atoms with Crippen molar-refractivity contribution >= 4 is 17.2 Å². The van der Waals surface area contributed by atoms with Gasteiger partial charge < -0.3 is 4.90 Å². The molecule has 4 nitrogen and oxygen atoms in total. The number of carbonyl (C=O) groups excluding carboxylic acids is 1. The lowest BCUT2D eigenvalue weighted by Gasteiger charge is -2.44. The summed E-state index contributed by atoms with van der Waals surface area (Å²) in [6.45, 7) is 0.929. The maximum absolute atomic E-state index is 13.0. The molecule has 0 N–H and O–H groups in total. The van der Waals surface area contributed by atoms with Gasteiger partial charge in [-0.25, -0.2) is 0 Å². The highest BCUT2D eigenvalue weighted by atomic mass is 32.1. The Balaban J connectivity index is 1.55. The van der Waals surface area contributed by atoms with E-state index in [1.54, 1.807) is 16.0 Å². The Morgan fingerprint density at radius 1 is 1.26 bits per heavy atom. The van der Waals surface area contributed by atoms with Gasteiger partial charge in [0.2, 0.25) is 0 Å². The number of aryl methyl sites for hydroxylation is 1. The first kappa shape index (κ1) is 14.9. The molecule has 0 bridgehead atoms. The topological polar surface area (TPSA) is 38.1 Å². The third-order valence-electron chi connectivity index (χ3n) is 5.34. The standard InChI is InChI=1S/C18H23N3OS/c1-20-11-15(10-19-20)17-9-14(12-23-17)18(22)21-8-4-6-13-5-2-3-7-16(13)21/h9-13,16H,2-8H2,1H3. The monoisotopic (exact) mass is 329 g/mol. The van der Waals surface area contributed by atoms with Gasteiger partial charge in [-0.05, 0) is 37.7 Å². The van der Waals surface area contributed by atoms with Crippen LogP contribution in [0.25, 0.3) is 10.4 Å². The van der Waals surface area contributed by atoms with Crippen LogP contribution in [0.15, 0.2) is 23.8 Å². The Morgan fingerprint density at radius 3 is 2.91 bits per heavy atom. The predicted octanol–water partition coefficient (Wildman–Crippen LogP) is 3.94. The summed E-state index contributed by atoms with van der Waals surface area (Å²) < 4.78 is 1.80. The summed E-state index contributed by atoms with van der Waals surface area (Å²) in [6, 6.07) is 2.52. The number of carbonyl (C=O) groups is 1. The minimum atomic E-state index is 0.230. The maximum atomic E-state index is 13.0. The van der Waals surface area contributed by atoms with E-state index in [1.165, 1.54) is 32.1 Å². The largest absolute Gasteiger partial charge is 0.335 e. The molecular weight excluding hydrogens is 306 g/mol. The molecule has 2 aliphatic rings. The molecule has 0 aromatic carbocycles. The van der Waals surface area contributed by atoms with Gasteiger partial charge in [-0.15, -0.1) is 11.3 Å². The van der Waals surface area contributed by atoms with Gasteiger partial charge in [0.1, 0.15) is 0 Å². The fraction of sp³-hybridized carbons (Fsp3) is 0.556.